The van der Waals surface area contributed by atoms with Gasteiger partial charge in [-0.15, -0.1) is 0 Å². The first-order valence-electron chi connectivity index (χ1n) is 10.2. The molecule has 0 radical (unpaired) electrons. The number of hydrogen-bond donors (Lipinski definition) is 2. The number of anilines is 3. The van der Waals surface area contributed by atoms with E-state index < -0.39 is 0 Å². The average molecular weight is 428 g/mol. The normalized spacial score (nSPS) is 10.8. The van der Waals surface area contributed by atoms with E-state index in [0.717, 1.165) is 33.2 Å². The molecule has 5 heteroatoms. The van der Waals surface area contributed by atoms with Crippen LogP contribution in [0.4, 0.5) is 17.1 Å². The van der Waals surface area contributed by atoms with Gasteiger partial charge in [-0.3, -0.25) is 4.79 Å². The van der Waals surface area contributed by atoms with Gasteiger partial charge in [0.2, 0.25) is 5.91 Å². The summed E-state index contributed by atoms with van der Waals surface area (Å²) >= 11 is 1.46. The molecule has 1 aromatic heterocycles. The highest BCUT2D eigenvalue weighted by molar-refractivity contribution is 7.99. The van der Waals surface area contributed by atoms with Gasteiger partial charge in [-0.2, -0.15) is 0 Å². The predicted molar refractivity (Wildman–Crippen MR) is 131 cm³/mol. The molecular formula is C26H25N3OS. The largest absolute Gasteiger partial charge is 0.356 e. The van der Waals surface area contributed by atoms with E-state index in [2.05, 4.69) is 49.6 Å². The molecule has 0 aliphatic carbocycles. The van der Waals surface area contributed by atoms with Crippen molar-refractivity contribution in [3.8, 4) is 0 Å². The Hall–Kier alpha value is -3.31. The highest BCUT2D eigenvalue weighted by Crippen LogP contribution is 2.27. The van der Waals surface area contributed by atoms with Crippen molar-refractivity contribution in [2.45, 2.75) is 25.8 Å². The lowest BCUT2D eigenvalue weighted by atomic mass is 10.0. The molecule has 4 nitrogen and oxygen atoms in total. The fraction of sp³-hybridized carbons (Fsp3) is 0.154. The molecule has 0 bridgehead atoms. The smallest absolute Gasteiger partial charge is 0.234 e. The zero-order valence-corrected chi connectivity index (χ0v) is 18.7. The number of nitrogens with one attached hydrogen (secondary N) is 2. The van der Waals surface area contributed by atoms with Crippen LogP contribution >= 0.6 is 11.8 Å². The maximum absolute atomic E-state index is 12.4. The third kappa shape index (κ3) is 5.25. The van der Waals surface area contributed by atoms with Gasteiger partial charge in [-0.1, -0.05) is 41.6 Å². The maximum Gasteiger partial charge on any atom is 0.234 e. The van der Waals surface area contributed by atoms with Crippen LogP contribution in [0.3, 0.4) is 0 Å². The quantitative estimate of drug-likeness (QED) is 0.339. The Morgan fingerprint density at radius 2 is 1.52 bits per heavy atom. The van der Waals surface area contributed by atoms with E-state index in [-0.39, 0.29) is 5.91 Å². The lowest BCUT2D eigenvalue weighted by Crippen LogP contribution is -2.14. The Labute approximate surface area is 187 Å². The van der Waals surface area contributed by atoms with E-state index in [9.17, 15) is 4.79 Å². The van der Waals surface area contributed by atoms with Crippen LogP contribution in [0.25, 0.3) is 10.9 Å². The predicted octanol–water partition coefficient (Wildman–Crippen LogP) is 6.63. The molecule has 1 heterocycles. The molecule has 0 unspecified atom stereocenters. The number of fused-ring (bicyclic) bond motifs is 1. The molecule has 31 heavy (non-hydrogen) atoms. The van der Waals surface area contributed by atoms with Crippen LogP contribution in [-0.2, 0) is 4.79 Å². The standard InChI is InChI=1S/C26H25N3OS/c1-17-13-19(3)26-23(14-17)18(2)15-25(29-26)31-16-24(30)28-22-11-9-21(10-12-22)27-20-7-5-4-6-8-20/h4-15,27H,16H2,1-3H3,(H,28,30). The summed E-state index contributed by atoms with van der Waals surface area (Å²) in [4.78, 5) is 17.2. The van der Waals surface area contributed by atoms with Crippen molar-refractivity contribution in [3.63, 3.8) is 0 Å². The van der Waals surface area contributed by atoms with Crippen LogP contribution in [-0.4, -0.2) is 16.6 Å². The zero-order valence-electron chi connectivity index (χ0n) is 17.9. The minimum Gasteiger partial charge on any atom is -0.356 e. The highest BCUT2D eigenvalue weighted by atomic mass is 32.2. The summed E-state index contributed by atoms with van der Waals surface area (Å²) in [5.41, 5.74) is 7.36. The minimum atomic E-state index is -0.0473. The van der Waals surface area contributed by atoms with Crippen molar-refractivity contribution in [2.75, 3.05) is 16.4 Å². The molecule has 0 saturated heterocycles. The van der Waals surface area contributed by atoms with Crippen molar-refractivity contribution in [1.29, 1.82) is 0 Å². The second-order valence-electron chi connectivity index (χ2n) is 7.66. The molecule has 4 aromatic rings. The van der Waals surface area contributed by atoms with E-state index in [4.69, 9.17) is 4.98 Å². The van der Waals surface area contributed by atoms with Crippen LogP contribution in [0, 0.1) is 20.8 Å². The number of para-hydroxylation sites is 1. The number of aromatic nitrogens is 1. The maximum atomic E-state index is 12.4. The highest BCUT2D eigenvalue weighted by Gasteiger charge is 2.09. The molecular weight excluding hydrogens is 402 g/mol. The monoisotopic (exact) mass is 427 g/mol. The molecule has 156 valence electrons. The topological polar surface area (TPSA) is 54.0 Å². The van der Waals surface area contributed by atoms with Gasteiger partial charge in [0.05, 0.1) is 16.3 Å². The molecule has 0 spiro atoms. The Kier molecular flexibility index (Phi) is 6.23. The van der Waals surface area contributed by atoms with Crippen molar-refractivity contribution in [1.82, 2.24) is 4.98 Å². The fourth-order valence-corrected chi connectivity index (χ4v) is 4.32. The summed E-state index contributed by atoms with van der Waals surface area (Å²) in [7, 11) is 0. The van der Waals surface area contributed by atoms with Crippen molar-refractivity contribution < 1.29 is 4.79 Å². The molecule has 4 rings (SSSR count). The SMILES string of the molecule is Cc1cc(C)c2nc(SCC(=O)Nc3ccc(Nc4ccccc4)cc3)cc(C)c2c1. The Morgan fingerprint density at radius 1 is 0.839 bits per heavy atom. The number of aryl methyl sites for hydroxylation is 3. The van der Waals surface area contributed by atoms with Gasteiger partial charge in [0.15, 0.2) is 0 Å². The summed E-state index contributed by atoms with van der Waals surface area (Å²) in [5, 5.41) is 8.34. The summed E-state index contributed by atoms with van der Waals surface area (Å²) in [6.07, 6.45) is 0. The molecule has 0 fully saturated rings. The van der Waals surface area contributed by atoms with Gasteiger partial charge in [-0.25, -0.2) is 4.98 Å². The minimum absolute atomic E-state index is 0.0473. The molecule has 0 aliphatic rings. The first kappa shape index (κ1) is 20.9. The molecule has 0 saturated carbocycles. The van der Waals surface area contributed by atoms with Gasteiger partial charge in [-0.05, 0) is 80.4 Å². The molecule has 3 aromatic carbocycles. The average Bonchev–Trinajstić information content (AvgIpc) is 2.75. The Morgan fingerprint density at radius 3 is 2.26 bits per heavy atom. The summed E-state index contributed by atoms with van der Waals surface area (Å²) in [6, 6.07) is 24.1. The van der Waals surface area contributed by atoms with Crippen molar-refractivity contribution in [3.05, 3.63) is 89.5 Å². The number of nitrogens with zero attached hydrogens (tertiary/aromatic N) is 1. The van der Waals surface area contributed by atoms with Crippen molar-refractivity contribution in [2.24, 2.45) is 0 Å². The van der Waals surface area contributed by atoms with E-state index in [0.29, 0.717) is 5.75 Å². The lowest BCUT2D eigenvalue weighted by molar-refractivity contribution is -0.113. The molecule has 1 amide bonds. The number of rotatable bonds is 6. The number of thioether (sulfide) groups is 1. The van der Waals surface area contributed by atoms with Crippen LogP contribution in [0.5, 0.6) is 0 Å². The van der Waals surface area contributed by atoms with Crippen LogP contribution in [0.15, 0.2) is 77.8 Å². The summed E-state index contributed by atoms with van der Waals surface area (Å²) in [6.45, 7) is 6.28. The first-order chi connectivity index (χ1) is 15.0. The van der Waals surface area contributed by atoms with E-state index in [1.807, 2.05) is 54.6 Å². The Bertz CT molecular complexity index is 1220. The number of benzene rings is 3. The summed E-state index contributed by atoms with van der Waals surface area (Å²) in [5.74, 6) is 0.265. The third-order valence-electron chi connectivity index (χ3n) is 5.01. The fourth-order valence-electron chi connectivity index (χ4n) is 3.55. The molecule has 2 N–H and O–H groups in total. The number of pyridine rings is 1. The zero-order chi connectivity index (χ0) is 21.8. The second-order valence-corrected chi connectivity index (χ2v) is 8.66. The number of carbonyl (C=O) groups is 1. The number of hydrogen-bond acceptors (Lipinski definition) is 4. The number of amides is 1. The molecule has 0 aliphatic heterocycles. The van der Waals surface area contributed by atoms with Crippen LogP contribution in [0.1, 0.15) is 16.7 Å². The van der Waals surface area contributed by atoms with E-state index in [1.165, 1.54) is 28.3 Å². The van der Waals surface area contributed by atoms with Gasteiger partial charge in [0, 0.05) is 22.4 Å². The summed E-state index contributed by atoms with van der Waals surface area (Å²) < 4.78 is 0. The van der Waals surface area contributed by atoms with Crippen molar-refractivity contribution >= 4 is 45.6 Å². The van der Waals surface area contributed by atoms with Gasteiger partial charge < -0.3 is 10.6 Å². The van der Waals surface area contributed by atoms with E-state index in [1.54, 1.807) is 0 Å². The van der Waals surface area contributed by atoms with Gasteiger partial charge in [0.1, 0.15) is 0 Å². The Balaban J connectivity index is 1.37. The van der Waals surface area contributed by atoms with Gasteiger partial charge in [0.25, 0.3) is 0 Å². The van der Waals surface area contributed by atoms with Gasteiger partial charge >= 0.3 is 0 Å². The third-order valence-corrected chi connectivity index (χ3v) is 5.93. The lowest BCUT2D eigenvalue weighted by Gasteiger charge is -2.10. The second kappa shape index (κ2) is 9.23. The van der Waals surface area contributed by atoms with Crippen LogP contribution < -0.4 is 10.6 Å². The first-order valence-corrected chi connectivity index (χ1v) is 11.2. The number of carbonyl (C=O) groups excluding carboxylic acids is 1. The molecule has 0 atom stereocenters. The van der Waals surface area contributed by atoms with Crippen LogP contribution in [0.2, 0.25) is 0 Å². The van der Waals surface area contributed by atoms with E-state index >= 15 is 0 Å².